The van der Waals surface area contributed by atoms with Gasteiger partial charge in [0.2, 0.25) is 0 Å². The standard InChI is InChI=1S/C19H30N4O/c1-12(2)10-22(11-13(3)4)19(24)16-8-15(7)21-18-17(16)9-20-23(18)14(5)6/h8-9,12-14H,10-11H2,1-7H3. The van der Waals surface area contributed by atoms with E-state index in [2.05, 4.69) is 51.6 Å². The molecule has 0 aliphatic rings. The third kappa shape index (κ3) is 3.94. The summed E-state index contributed by atoms with van der Waals surface area (Å²) in [7, 11) is 0. The zero-order chi connectivity index (χ0) is 18.0. The van der Waals surface area contributed by atoms with Gasteiger partial charge in [-0.3, -0.25) is 4.79 Å². The van der Waals surface area contributed by atoms with E-state index in [1.54, 1.807) is 6.20 Å². The Labute approximate surface area is 145 Å². The van der Waals surface area contributed by atoms with Gasteiger partial charge in [0.15, 0.2) is 5.65 Å². The molecule has 5 heteroatoms. The first-order valence-corrected chi connectivity index (χ1v) is 8.84. The van der Waals surface area contributed by atoms with Crippen LogP contribution in [0.25, 0.3) is 11.0 Å². The van der Waals surface area contributed by atoms with Crippen molar-refractivity contribution in [1.82, 2.24) is 19.7 Å². The summed E-state index contributed by atoms with van der Waals surface area (Å²) in [6, 6.07) is 2.10. The summed E-state index contributed by atoms with van der Waals surface area (Å²) in [5, 5.41) is 5.29. The minimum absolute atomic E-state index is 0.0798. The van der Waals surface area contributed by atoms with E-state index >= 15 is 0 Å². The van der Waals surface area contributed by atoms with Crippen molar-refractivity contribution in [2.24, 2.45) is 11.8 Å². The lowest BCUT2D eigenvalue weighted by molar-refractivity contribution is 0.0717. The van der Waals surface area contributed by atoms with Crippen LogP contribution in [0.3, 0.4) is 0 Å². The molecule has 2 rings (SSSR count). The average Bonchev–Trinajstić information content (AvgIpc) is 2.87. The second-order valence-corrected chi connectivity index (χ2v) is 7.73. The van der Waals surface area contributed by atoms with Crippen LogP contribution in [0, 0.1) is 18.8 Å². The Morgan fingerprint density at radius 3 is 2.21 bits per heavy atom. The molecule has 0 radical (unpaired) electrons. The predicted molar refractivity (Wildman–Crippen MR) is 98.2 cm³/mol. The predicted octanol–water partition coefficient (Wildman–Crippen LogP) is 4.07. The quantitative estimate of drug-likeness (QED) is 0.802. The molecule has 0 bridgehead atoms. The van der Waals surface area contributed by atoms with Crippen LogP contribution in [-0.2, 0) is 0 Å². The fraction of sp³-hybridized carbons (Fsp3) is 0.632. The number of nitrogens with zero attached hydrogens (tertiary/aromatic N) is 4. The lowest BCUT2D eigenvalue weighted by Crippen LogP contribution is -2.37. The minimum atomic E-state index is 0.0798. The van der Waals surface area contributed by atoms with Crippen LogP contribution in [0.1, 0.15) is 63.6 Å². The second kappa shape index (κ2) is 7.32. The topological polar surface area (TPSA) is 51.0 Å². The number of carbonyl (C=O) groups excluding carboxylic acids is 1. The van der Waals surface area contributed by atoms with Gasteiger partial charge in [0.05, 0.1) is 17.1 Å². The number of fused-ring (bicyclic) bond motifs is 1. The minimum Gasteiger partial charge on any atom is -0.338 e. The number of carbonyl (C=O) groups is 1. The lowest BCUT2D eigenvalue weighted by Gasteiger charge is -2.26. The third-order valence-electron chi connectivity index (χ3n) is 3.87. The Kier molecular flexibility index (Phi) is 5.62. The summed E-state index contributed by atoms with van der Waals surface area (Å²) in [5.74, 6) is 0.949. The third-order valence-corrected chi connectivity index (χ3v) is 3.87. The number of rotatable bonds is 6. The van der Waals surface area contributed by atoms with Crippen molar-refractivity contribution >= 4 is 16.9 Å². The molecule has 132 valence electrons. The molecule has 1 amide bonds. The molecule has 0 atom stereocenters. The molecule has 0 unspecified atom stereocenters. The highest BCUT2D eigenvalue weighted by Gasteiger charge is 2.22. The van der Waals surface area contributed by atoms with Crippen molar-refractivity contribution in [3.63, 3.8) is 0 Å². The highest BCUT2D eigenvalue weighted by molar-refractivity contribution is 6.05. The summed E-state index contributed by atoms with van der Waals surface area (Å²) < 4.78 is 1.88. The SMILES string of the molecule is Cc1cc(C(=O)N(CC(C)C)CC(C)C)c2cnn(C(C)C)c2n1. The Balaban J connectivity index is 2.50. The molecule has 0 aliphatic heterocycles. The van der Waals surface area contributed by atoms with Gasteiger partial charge in [-0.25, -0.2) is 9.67 Å². The molecular formula is C19H30N4O. The number of hydrogen-bond donors (Lipinski definition) is 0. The van der Waals surface area contributed by atoms with E-state index in [9.17, 15) is 4.79 Å². The monoisotopic (exact) mass is 330 g/mol. The van der Waals surface area contributed by atoms with E-state index in [0.29, 0.717) is 17.4 Å². The van der Waals surface area contributed by atoms with Crippen LogP contribution < -0.4 is 0 Å². The maximum Gasteiger partial charge on any atom is 0.254 e. The van der Waals surface area contributed by atoms with Crippen LogP contribution in [-0.4, -0.2) is 38.7 Å². The molecule has 0 fully saturated rings. The maximum atomic E-state index is 13.2. The molecule has 0 saturated heterocycles. The van der Waals surface area contributed by atoms with Crippen molar-refractivity contribution in [3.8, 4) is 0 Å². The molecule has 24 heavy (non-hydrogen) atoms. The van der Waals surface area contributed by atoms with Crippen molar-refractivity contribution in [3.05, 3.63) is 23.5 Å². The van der Waals surface area contributed by atoms with Gasteiger partial charge in [-0.1, -0.05) is 27.7 Å². The molecule has 5 nitrogen and oxygen atoms in total. The summed E-state index contributed by atoms with van der Waals surface area (Å²) in [4.78, 5) is 19.8. The molecule has 2 heterocycles. The smallest absolute Gasteiger partial charge is 0.254 e. The Hall–Kier alpha value is -1.91. The largest absolute Gasteiger partial charge is 0.338 e. The summed E-state index contributed by atoms with van der Waals surface area (Å²) in [6.45, 7) is 16.2. The molecule has 0 aromatic carbocycles. The fourth-order valence-electron chi connectivity index (χ4n) is 2.99. The van der Waals surface area contributed by atoms with Gasteiger partial charge >= 0.3 is 0 Å². The average molecular weight is 330 g/mol. The Bertz CT molecular complexity index is 705. The number of aromatic nitrogens is 3. The molecule has 0 spiro atoms. The molecule has 0 aliphatic carbocycles. The highest BCUT2D eigenvalue weighted by atomic mass is 16.2. The van der Waals surface area contributed by atoms with Crippen LogP contribution in [0.5, 0.6) is 0 Å². The van der Waals surface area contributed by atoms with Crippen molar-refractivity contribution in [2.45, 2.75) is 54.5 Å². The molecule has 2 aromatic rings. The normalized spacial score (nSPS) is 11.9. The first kappa shape index (κ1) is 18.4. The van der Waals surface area contributed by atoms with Gasteiger partial charge in [-0.15, -0.1) is 0 Å². The summed E-state index contributed by atoms with van der Waals surface area (Å²) in [6.07, 6.45) is 1.78. The van der Waals surface area contributed by atoms with Gasteiger partial charge in [0.1, 0.15) is 0 Å². The molecule has 0 saturated carbocycles. The molecular weight excluding hydrogens is 300 g/mol. The van der Waals surface area contributed by atoms with E-state index in [1.807, 2.05) is 22.6 Å². The van der Waals surface area contributed by atoms with Gasteiger partial charge in [-0.05, 0) is 38.7 Å². The van der Waals surface area contributed by atoms with E-state index in [0.717, 1.165) is 29.8 Å². The first-order chi connectivity index (χ1) is 11.2. The van der Waals surface area contributed by atoms with Crippen molar-refractivity contribution in [2.75, 3.05) is 13.1 Å². The number of amides is 1. The van der Waals surface area contributed by atoms with Crippen LogP contribution in [0.2, 0.25) is 0 Å². The first-order valence-electron chi connectivity index (χ1n) is 8.84. The second-order valence-electron chi connectivity index (χ2n) is 7.73. The van der Waals surface area contributed by atoms with E-state index in [4.69, 9.17) is 0 Å². The Morgan fingerprint density at radius 1 is 1.12 bits per heavy atom. The van der Waals surface area contributed by atoms with E-state index < -0.39 is 0 Å². The zero-order valence-electron chi connectivity index (χ0n) is 16.0. The lowest BCUT2D eigenvalue weighted by atomic mass is 10.1. The number of hydrogen-bond acceptors (Lipinski definition) is 3. The number of aryl methyl sites for hydroxylation is 1. The van der Waals surface area contributed by atoms with Gasteiger partial charge in [0, 0.05) is 24.8 Å². The molecule has 0 N–H and O–H groups in total. The van der Waals surface area contributed by atoms with Crippen molar-refractivity contribution in [1.29, 1.82) is 0 Å². The van der Waals surface area contributed by atoms with Gasteiger partial charge < -0.3 is 4.90 Å². The van der Waals surface area contributed by atoms with Crippen LogP contribution in [0.4, 0.5) is 0 Å². The maximum absolute atomic E-state index is 13.2. The highest BCUT2D eigenvalue weighted by Crippen LogP contribution is 2.23. The van der Waals surface area contributed by atoms with Crippen molar-refractivity contribution < 1.29 is 4.79 Å². The van der Waals surface area contributed by atoms with Gasteiger partial charge in [0.25, 0.3) is 5.91 Å². The fourth-order valence-corrected chi connectivity index (χ4v) is 2.99. The summed E-state index contributed by atoms with van der Waals surface area (Å²) in [5.41, 5.74) is 2.36. The Morgan fingerprint density at radius 2 is 1.71 bits per heavy atom. The number of pyridine rings is 1. The van der Waals surface area contributed by atoms with Crippen LogP contribution >= 0.6 is 0 Å². The van der Waals surface area contributed by atoms with Crippen LogP contribution in [0.15, 0.2) is 12.3 Å². The van der Waals surface area contributed by atoms with Gasteiger partial charge in [-0.2, -0.15) is 5.10 Å². The van der Waals surface area contributed by atoms with E-state index in [-0.39, 0.29) is 11.9 Å². The zero-order valence-corrected chi connectivity index (χ0v) is 16.0. The van der Waals surface area contributed by atoms with E-state index in [1.165, 1.54) is 0 Å². The summed E-state index contributed by atoms with van der Waals surface area (Å²) >= 11 is 0. The molecule has 2 aromatic heterocycles.